The Balaban J connectivity index is 1.81. The Bertz CT molecular complexity index is 608. The Morgan fingerprint density at radius 2 is 1.81 bits per heavy atom. The highest BCUT2D eigenvalue weighted by Crippen LogP contribution is 2.35. The summed E-state index contributed by atoms with van der Waals surface area (Å²) in [7, 11) is 0. The Labute approximate surface area is 158 Å². The van der Waals surface area contributed by atoms with Gasteiger partial charge in [-0.2, -0.15) is 0 Å². The van der Waals surface area contributed by atoms with Gasteiger partial charge in [-0.15, -0.1) is 0 Å². The topological polar surface area (TPSA) is 49.3 Å². The van der Waals surface area contributed by atoms with Crippen LogP contribution in [0.3, 0.4) is 0 Å². The SMILES string of the molecule is CCN(CC)C(=O)c1cnc(C2CCCCN2C2CCCCC2)nc1C. The largest absolute Gasteiger partial charge is 0.339 e. The third kappa shape index (κ3) is 4.08. The van der Waals surface area contributed by atoms with Crippen LogP contribution in [-0.4, -0.2) is 51.4 Å². The number of amides is 1. The van der Waals surface area contributed by atoms with Crippen LogP contribution in [0.2, 0.25) is 0 Å². The van der Waals surface area contributed by atoms with Crippen LogP contribution in [0.5, 0.6) is 0 Å². The van der Waals surface area contributed by atoms with Gasteiger partial charge < -0.3 is 4.90 Å². The van der Waals surface area contributed by atoms with E-state index in [0.717, 1.165) is 24.5 Å². The van der Waals surface area contributed by atoms with Gasteiger partial charge in [-0.05, 0) is 53.0 Å². The van der Waals surface area contributed by atoms with Gasteiger partial charge in [0.25, 0.3) is 5.91 Å². The van der Waals surface area contributed by atoms with Crippen LogP contribution in [0, 0.1) is 6.92 Å². The maximum absolute atomic E-state index is 12.7. The van der Waals surface area contributed by atoms with Crippen LogP contribution in [-0.2, 0) is 0 Å². The van der Waals surface area contributed by atoms with Crippen molar-refractivity contribution in [3.8, 4) is 0 Å². The number of aromatic nitrogens is 2. The van der Waals surface area contributed by atoms with Crippen molar-refractivity contribution in [3.05, 3.63) is 23.3 Å². The summed E-state index contributed by atoms with van der Waals surface area (Å²) in [5, 5.41) is 0. The van der Waals surface area contributed by atoms with Gasteiger partial charge in [0.15, 0.2) is 0 Å². The lowest BCUT2D eigenvalue weighted by Gasteiger charge is -2.42. The summed E-state index contributed by atoms with van der Waals surface area (Å²) in [6.45, 7) is 8.57. The van der Waals surface area contributed by atoms with Crippen molar-refractivity contribution in [2.45, 2.75) is 84.2 Å². The third-order valence-electron chi connectivity index (χ3n) is 6.16. The van der Waals surface area contributed by atoms with Gasteiger partial charge in [-0.3, -0.25) is 9.69 Å². The zero-order chi connectivity index (χ0) is 18.5. The number of carbonyl (C=O) groups excluding carboxylic acids is 1. The first-order valence-corrected chi connectivity index (χ1v) is 10.5. The minimum Gasteiger partial charge on any atom is -0.339 e. The van der Waals surface area contributed by atoms with Crippen LogP contribution in [0.15, 0.2) is 6.20 Å². The standard InChI is InChI=1S/C21H34N4O/c1-4-24(5-2)21(26)18-15-22-20(23-16(18)3)19-13-9-10-14-25(19)17-11-7-6-8-12-17/h15,17,19H,4-14H2,1-3H3. The molecule has 144 valence electrons. The van der Waals surface area contributed by atoms with Crippen molar-refractivity contribution < 1.29 is 4.79 Å². The van der Waals surface area contributed by atoms with Crippen molar-refractivity contribution >= 4 is 5.91 Å². The fourth-order valence-electron chi connectivity index (χ4n) is 4.62. The summed E-state index contributed by atoms with van der Waals surface area (Å²) in [6.07, 6.45) is 12.1. The first-order chi connectivity index (χ1) is 12.7. The molecule has 1 saturated carbocycles. The summed E-state index contributed by atoms with van der Waals surface area (Å²) in [6, 6.07) is 1.01. The summed E-state index contributed by atoms with van der Waals surface area (Å²) in [5.41, 5.74) is 1.47. The van der Waals surface area contributed by atoms with E-state index in [1.165, 1.54) is 44.9 Å². The summed E-state index contributed by atoms with van der Waals surface area (Å²) in [5.74, 6) is 0.968. The maximum Gasteiger partial charge on any atom is 0.257 e. The number of hydrogen-bond donors (Lipinski definition) is 0. The van der Waals surface area contributed by atoms with Gasteiger partial charge in [-0.25, -0.2) is 9.97 Å². The molecule has 1 atom stereocenters. The monoisotopic (exact) mass is 358 g/mol. The van der Waals surface area contributed by atoms with Crippen LogP contribution in [0.25, 0.3) is 0 Å². The number of carbonyl (C=O) groups is 1. The van der Waals surface area contributed by atoms with E-state index in [2.05, 4.69) is 9.88 Å². The molecule has 5 heteroatoms. The second-order valence-electron chi connectivity index (χ2n) is 7.75. The van der Waals surface area contributed by atoms with Gasteiger partial charge >= 0.3 is 0 Å². The second-order valence-corrected chi connectivity index (χ2v) is 7.75. The molecule has 2 heterocycles. The van der Waals surface area contributed by atoms with E-state index in [0.29, 0.717) is 30.7 Å². The molecule has 0 spiro atoms. The normalized spacial score (nSPS) is 22.3. The zero-order valence-corrected chi connectivity index (χ0v) is 16.7. The molecule has 5 nitrogen and oxygen atoms in total. The molecule has 3 rings (SSSR count). The van der Waals surface area contributed by atoms with Gasteiger partial charge in [0, 0.05) is 25.3 Å². The third-order valence-corrected chi connectivity index (χ3v) is 6.16. The number of piperidine rings is 1. The Morgan fingerprint density at radius 1 is 1.12 bits per heavy atom. The minimum absolute atomic E-state index is 0.0480. The average Bonchev–Trinajstić information content (AvgIpc) is 2.69. The average molecular weight is 359 g/mol. The number of nitrogens with zero attached hydrogens (tertiary/aromatic N) is 4. The molecule has 1 amide bonds. The highest BCUT2D eigenvalue weighted by atomic mass is 16.2. The van der Waals surface area contributed by atoms with Crippen molar-refractivity contribution in [1.29, 1.82) is 0 Å². The molecule has 1 aliphatic heterocycles. The molecular formula is C21H34N4O. The van der Waals surface area contributed by atoms with Crippen molar-refractivity contribution in [1.82, 2.24) is 19.8 Å². The van der Waals surface area contributed by atoms with E-state index in [4.69, 9.17) is 4.98 Å². The minimum atomic E-state index is 0.0480. The number of aryl methyl sites for hydroxylation is 1. The van der Waals surface area contributed by atoms with Crippen molar-refractivity contribution in [2.24, 2.45) is 0 Å². The Morgan fingerprint density at radius 3 is 2.46 bits per heavy atom. The molecule has 2 fully saturated rings. The Kier molecular flexibility index (Phi) is 6.63. The predicted molar refractivity (Wildman–Crippen MR) is 104 cm³/mol. The summed E-state index contributed by atoms with van der Waals surface area (Å²) >= 11 is 0. The summed E-state index contributed by atoms with van der Waals surface area (Å²) < 4.78 is 0. The highest BCUT2D eigenvalue weighted by Gasteiger charge is 2.32. The lowest BCUT2D eigenvalue weighted by Crippen LogP contribution is -2.43. The fraction of sp³-hybridized carbons (Fsp3) is 0.762. The van der Waals surface area contributed by atoms with E-state index in [9.17, 15) is 4.79 Å². The molecule has 0 bridgehead atoms. The van der Waals surface area contributed by atoms with E-state index in [1.807, 2.05) is 25.7 Å². The van der Waals surface area contributed by atoms with Crippen molar-refractivity contribution in [3.63, 3.8) is 0 Å². The first kappa shape index (κ1) is 19.3. The summed E-state index contributed by atoms with van der Waals surface area (Å²) in [4.78, 5) is 26.7. The van der Waals surface area contributed by atoms with Crippen LogP contribution in [0.1, 0.15) is 93.1 Å². The predicted octanol–water partition coefficient (Wildman–Crippen LogP) is 4.13. The van der Waals surface area contributed by atoms with E-state index >= 15 is 0 Å². The van der Waals surface area contributed by atoms with E-state index in [1.54, 1.807) is 6.20 Å². The Hall–Kier alpha value is -1.49. The number of rotatable bonds is 5. The van der Waals surface area contributed by atoms with Gasteiger partial charge in [0.2, 0.25) is 0 Å². The van der Waals surface area contributed by atoms with Crippen LogP contribution < -0.4 is 0 Å². The highest BCUT2D eigenvalue weighted by molar-refractivity contribution is 5.94. The van der Waals surface area contributed by atoms with Gasteiger partial charge in [0.1, 0.15) is 5.82 Å². The number of likely N-dealkylation sites (tertiary alicyclic amines) is 1. The van der Waals surface area contributed by atoms with Gasteiger partial charge in [-0.1, -0.05) is 25.7 Å². The van der Waals surface area contributed by atoms with Crippen molar-refractivity contribution in [2.75, 3.05) is 19.6 Å². The number of hydrogen-bond acceptors (Lipinski definition) is 4. The fourth-order valence-corrected chi connectivity index (χ4v) is 4.62. The second kappa shape index (κ2) is 8.94. The smallest absolute Gasteiger partial charge is 0.257 e. The molecule has 1 unspecified atom stereocenters. The van der Waals surface area contributed by atoms with E-state index in [-0.39, 0.29) is 5.91 Å². The molecule has 2 aliphatic rings. The first-order valence-electron chi connectivity index (χ1n) is 10.5. The van der Waals surface area contributed by atoms with Crippen LogP contribution >= 0.6 is 0 Å². The molecule has 0 radical (unpaired) electrons. The molecule has 1 aliphatic carbocycles. The lowest BCUT2D eigenvalue weighted by atomic mass is 9.90. The molecule has 0 aromatic carbocycles. The quantitative estimate of drug-likeness (QED) is 0.794. The molecule has 1 aromatic heterocycles. The maximum atomic E-state index is 12.7. The zero-order valence-electron chi connectivity index (χ0n) is 16.7. The lowest BCUT2D eigenvalue weighted by molar-refractivity contribution is 0.0672. The van der Waals surface area contributed by atoms with Crippen LogP contribution in [0.4, 0.5) is 0 Å². The van der Waals surface area contributed by atoms with Gasteiger partial charge in [0.05, 0.1) is 17.3 Å². The van der Waals surface area contributed by atoms with E-state index < -0.39 is 0 Å². The molecule has 0 N–H and O–H groups in total. The molecule has 26 heavy (non-hydrogen) atoms. The molecule has 1 saturated heterocycles. The molecule has 1 aromatic rings. The molecular weight excluding hydrogens is 324 g/mol.